The monoisotopic (exact) mass is 551 g/mol. The first-order valence-corrected chi connectivity index (χ1v) is 15.6. The molecule has 1 aliphatic rings. The van der Waals surface area contributed by atoms with Crippen molar-refractivity contribution in [1.82, 2.24) is 19.1 Å². The van der Waals surface area contributed by atoms with Crippen molar-refractivity contribution in [3.05, 3.63) is 65.4 Å². The molecule has 0 saturated heterocycles. The number of carbonyl (C=O) groups is 1. The van der Waals surface area contributed by atoms with E-state index >= 15 is 0 Å². The van der Waals surface area contributed by atoms with Crippen LogP contribution in [0.15, 0.2) is 53.4 Å². The maximum atomic E-state index is 13.3. The Morgan fingerprint density at radius 1 is 1.03 bits per heavy atom. The van der Waals surface area contributed by atoms with Crippen molar-refractivity contribution in [3.8, 4) is 5.13 Å². The number of aryl methyl sites for hydroxylation is 1. The highest BCUT2D eigenvalue weighted by Gasteiger charge is 2.27. The van der Waals surface area contributed by atoms with Crippen molar-refractivity contribution in [1.29, 1.82) is 0 Å². The van der Waals surface area contributed by atoms with Crippen LogP contribution >= 0.6 is 11.3 Å². The van der Waals surface area contributed by atoms with Gasteiger partial charge in [0.05, 0.1) is 20.8 Å². The van der Waals surface area contributed by atoms with Gasteiger partial charge < -0.3 is 5.32 Å². The topological polar surface area (TPSA) is 97.2 Å². The lowest BCUT2D eigenvalue weighted by Crippen LogP contribution is -2.33. The van der Waals surface area contributed by atoms with Gasteiger partial charge in [-0.2, -0.15) is 14.1 Å². The van der Waals surface area contributed by atoms with Gasteiger partial charge >= 0.3 is 0 Å². The van der Waals surface area contributed by atoms with Gasteiger partial charge in [-0.05, 0) is 68.5 Å². The van der Waals surface area contributed by atoms with Gasteiger partial charge in [0, 0.05) is 24.2 Å². The highest BCUT2D eigenvalue weighted by molar-refractivity contribution is 7.89. The van der Waals surface area contributed by atoms with Crippen molar-refractivity contribution < 1.29 is 13.2 Å². The smallest absolute Gasteiger partial charge is 0.256 e. The highest BCUT2D eigenvalue weighted by atomic mass is 32.2. The number of anilines is 1. The summed E-state index contributed by atoms with van der Waals surface area (Å²) in [4.78, 5) is 18.3. The van der Waals surface area contributed by atoms with Gasteiger partial charge in [-0.15, -0.1) is 0 Å². The fourth-order valence-corrected chi connectivity index (χ4v) is 7.18. The minimum absolute atomic E-state index is 0.210. The summed E-state index contributed by atoms with van der Waals surface area (Å²) in [6.07, 6.45) is 6.20. The average Bonchev–Trinajstić information content (AvgIpc) is 3.64. The second-order valence-corrected chi connectivity index (χ2v) is 12.5. The number of hydrogen-bond acceptors (Lipinski definition) is 6. The van der Waals surface area contributed by atoms with Crippen molar-refractivity contribution in [2.24, 2.45) is 0 Å². The van der Waals surface area contributed by atoms with Gasteiger partial charge in [0.1, 0.15) is 5.82 Å². The fourth-order valence-electron chi connectivity index (χ4n) is 4.74. The molecule has 5 rings (SSSR count). The van der Waals surface area contributed by atoms with Gasteiger partial charge in [0.15, 0.2) is 0 Å². The maximum Gasteiger partial charge on any atom is 0.256 e. The highest BCUT2D eigenvalue weighted by Crippen LogP contribution is 2.34. The van der Waals surface area contributed by atoms with Crippen LogP contribution in [0.4, 0.5) is 5.82 Å². The standard InChI is InChI=1S/C28H33N5O3S2/c1-3-5-18-32(19-6-4-2)38(35,36)21-16-14-20(15-17-21)27(34)30-26-22-10-9-12-23(22)31-33(26)28-29-24-11-7-8-13-25(24)37-28/h7-8,11,13-17H,3-6,9-10,12,18-19H2,1-2H3,(H,30,34). The number of fused-ring (bicyclic) bond motifs is 2. The number of hydrogen-bond donors (Lipinski definition) is 1. The normalized spacial score (nSPS) is 13.3. The Hall–Kier alpha value is -3.08. The SMILES string of the molecule is CCCCN(CCCC)S(=O)(=O)c1ccc(C(=O)Nc2c3c(nn2-c2nc4ccccc4s2)CCC3)cc1. The lowest BCUT2D eigenvalue weighted by Gasteiger charge is -2.22. The van der Waals surface area contributed by atoms with E-state index in [1.165, 1.54) is 23.5 Å². The first kappa shape index (κ1) is 26.5. The third-order valence-corrected chi connectivity index (χ3v) is 9.80. The Bertz CT molecular complexity index is 1500. The number of amides is 1. The average molecular weight is 552 g/mol. The number of rotatable bonds is 11. The molecule has 0 aliphatic heterocycles. The molecular formula is C28H33N5O3S2. The Labute approximate surface area is 227 Å². The molecule has 0 unspecified atom stereocenters. The number of aromatic nitrogens is 3. The van der Waals surface area contributed by atoms with E-state index in [4.69, 9.17) is 10.1 Å². The van der Waals surface area contributed by atoms with Crippen molar-refractivity contribution in [2.45, 2.75) is 63.7 Å². The summed E-state index contributed by atoms with van der Waals surface area (Å²) in [7, 11) is -3.62. The number of benzene rings is 2. The van der Waals surface area contributed by atoms with Crippen LogP contribution < -0.4 is 5.32 Å². The fraction of sp³-hybridized carbons (Fsp3) is 0.393. The Balaban J connectivity index is 1.39. The molecule has 38 heavy (non-hydrogen) atoms. The molecule has 2 aromatic heterocycles. The minimum Gasteiger partial charge on any atom is -0.306 e. The zero-order chi connectivity index (χ0) is 26.7. The largest absolute Gasteiger partial charge is 0.306 e. The molecule has 4 aromatic rings. The summed E-state index contributed by atoms with van der Waals surface area (Å²) >= 11 is 1.53. The second kappa shape index (κ2) is 11.3. The lowest BCUT2D eigenvalue weighted by molar-refractivity contribution is 0.102. The number of carbonyl (C=O) groups excluding carboxylic acids is 1. The molecule has 2 heterocycles. The molecule has 1 aliphatic carbocycles. The quantitative estimate of drug-likeness (QED) is 0.254. The molecule has 0 spiro atoms. The summed E-state index contributed by atoms with van der Waals surface area (Å²) in [6.45, 7) is 5.11. The number of nitrogens with one attached hydrogen (secondary N) is 1. The van der Waals surface area contributed by atoms with Crippen LogP contribution in [0.5, 0.6) is 0 Å². The van der Waals surface area contributed by atoms with Crippen LogP contribution in [0, 0.1) is 0 Å². The number of thiazole rings is 1. The van der Waals surface area contributed by atoms with Crippen LogP contribution in [-0.2, 0) is 22.9 Å². The minimum atomic E-state index is -3.62. The van der Waals surface area contributed by atoms with Crippen LogP contribution in [-0.4, -0.2) is 46.5 Å². The van der Waals surface area contributed by atoms with E-state index in [0.29, 0.717) is 29.6 Å². The van der Waals surface area contributed by atoms with E-state index in [1.54, 1.807) is 21.1 Å². The van der Waals surface area contributed by atoms with E-state index in [1.807, 2.05) is 24.3 Å². The molecule has 0 bridgehead atoms. The molecule has 8 nitrogen and oxygen atoms in total. The molecular weight excluding hydrogens is 518 g/mol. The van der Waals surface area contributed by atoms with Crippen LogP contribution in [0.3, 0.4) is 0 Å². The molecule has 0 radical (unpaired) electrons. The molecule has 0 atom stereocenters. The Morgan fingerprint density at radius 2 is 1.74 bits per heavy atom. The van der Waals surface area contributed by atoms with Gasteiger partial charge in [-0.3, -0.25) is 4.79 Å². The van der Waals surface area contributed by atoms with Gasteiger partial charge in [-0.1, -0.05) is 50.2 Å². The molecule has 10 heteroatoms. The summed E-state index contributed by atoms with van der Waals surface area (Å²) in [5.74, 6) is 0.336. The maximum absolute atomic E-state index is 13.3. The molecule has 200 valence electrons. The summed E-state index contributed by atoms with van der Waals surface area (Å²) in [5.41, 5.74) is 3.31. The Morgan fingerprint density at radius 3 is 2.42 bits per heavy atom. The zero-order valence-electron chi connectivity index (χ0n) is 21.8. The van der Waals surface area contributed by atoms with Crippen molar-refractivity contribution in [3.63, 3.8) is 0 Å². The van der Waals surface area contributed by atoms with E-state index < -0.39 is 10.0 Å². The summed E-state index contributed by atoms with van der Waals surface area (Å²) < 4.78 is 30.9. The van der Waals surface area contributed by atoms with E-state index in [-0.39, 0.29) is 10.8 Å². The van der Waals surface area contributed by atoms with Crippen molar-refractivity contribution in [2.75, 3.05) is 18.4 Å². The number of sulfonamides is 1. The molecule has 0 saturated carbocycles. The van der Waals surface area contributed by atoms with Gasteiger partial charge in [0.25, 0.3) is 5.91 Å². The summed E-state index contributed by atoms with van der Waals surface area (Å²) in [5, 5.41) is 8.54. The zero-order valence-corrected chi connectivity index (χ0v) is 23.4. The van der Waals surface area contributed by atoms with E-state index in [2.05, 4.69) is 19.2 Å². The second-order valence-electron chi connectivity index (χ2n) is 9.59. The number of unbranched alkanes of at least 4 members (excludes halogenated alkanes) is 2. The number of para-hydroxylation sites is 1. The predicted molar refractivity (Wildman–Crippen MR) is 152 cm³/mol. The van der Waals surface area contributed by atoms with Gasteiger partial charge in [0.2, 0.25) is 15.2 Å². The van der Waals surface area contributed by atoms with Crippen LogP contribution in [0.1, 0.15) is 67.6 Å². The predicted octanol–water partition coefficient (Wildman–Crippen LogP) is 5.81. The third kappa shape index (κ3) is 5.25. The lowest BCUT2D eigenvalue weighted by atomic mass is 10.2. The first-order chi connectivity index (χ1) is 18.4. The third-order valence-electron chi connectivity index (χ3n) is 6.88. The molecule has 2 aromatic carbocycles. The number of nitrogens with zero attached hydrogens (tertiary/aromatic N) is 4. The van der Waals surface area contributed by atoms with Crippen molar-refractivity contribution >= 4 is 43.3 Å². The van der Waals surface area contributed by atoms with E-state index in [9.17, 15) is 13.2 Å². The molecule has 1 N–H and O–H groups in total. The molecule has 1 amide bonds. The first-order valence-electron chi connectivity index (χ1n) is 13.3. The van der Waals surface area contributed by atoms with E-state index in [0.717, 1.165) is 66.4 Å². The Kier molecular flexibility index (Phi) is 7.92. The summed E-state index contributed by atoms with van der Waals surface area (Å²) in [6, 6.07) is 14.1. The van der Waals surface area contributed by atoms with Crippen LogP contribution in [0.2, 0.25) is 0 Å². The van der Waals surface area contributed by atoms with Gasteiger partial charge in [-0.25, -0.2) is 13.4 Å². The van der Waals surface area contributed by atoms with Crippen LogP contribution in [0.25, 0.3) is 15.3 Å². The molecule has 0 fully saturated rings.